The Morgan fingerprint density at radius 3 is 2.67 bits per heavy atom. The molecular weight excluding hydrogens is 376 g/mol. The predicted octanol–water partition coefficient (Wildman–Crippen LogP) is 2.69. The highest BCUT2D eigenvalue weighted by Gasteiger charge is 2.30. The van der Waals surface area contributed by atoms with Gasteiger partial charge in [0.2, 0.25) is 0 Å². The van der Waals surface area contributed by atoms with E-state index >= 15 is 0 Å². The molecule has 3 aliphatic rings. The van der Waals surface area contributed by atoms with Gasteiger partial charge in [-0.1, -0.05) is 29.8 Å². The van der Waals surface area contributed by atoms with Gasteiger partial charge in [0.1, 0.15) is 0 Å². The topological polar surface area (TPSA) is 49.3 Å². The molecule has 0 radical (unpaired) electrons. The van der Waals surface area contributed by atoms with Gasteiger partial charge in [0.15, 0.2) is 5.96 Å². The van der Waals surface area contributed by atoms with Gasteiger partial charge in [0, 0.05) is 58.8 Å². The normalized spacial score (nSPS) is 28.7. The lowest BCUT2D eigenvalue weighted by Gasteiger charge is -2.33. The lowest BCUT2D eigenvalue weighted by atomic mass is 9.89. The number of guanidine groups is 1. The van der Waals surface area contributed by atoms with Crippen molar-refractivity contribution in [1.82, 2.24) is 15.1 Å². The quantitative estimate of drug-likeness (QED) is 0.593. The van der Waals surface area contributed by atoms with Crippen LogP contribution in [0.25, 0.3) is 0 Å². The van der Waals surface area contributed by atoms with E-state index in [2.05, 4.69) is 51.3 Å². The van der Waals surface area contributed by atoms with Gasteiger partial charge in [0.05, 0.1) is 19.3 Å². The van der Waals surface area contributed by atoms with E-state index in [1.807, 2.05) is 7.05 Å². The van der Waals surface area contributed by atoms with Crippen molar-refractivity contribution >= 4 is 5.96 Å². The Hall–Kier alpha value is -1.63. The van der Waals surface area contributed by atoms with Gasteiger partial charge in [-0.3, -0.25) is 9.89 Å². The van der Waals surface area contributed by atoms with Gasteiger partial charge in [-0.15, -0.1) is 0 Å². The van der Waals surface area contributed by atoms with Crippen LogP contribution in [0.4, 0.5) is 0 Å². The monoisotopic (exact) mass is 414 g/mol. The third kappa shape index (κ3) is 5.54. The average Bonchev–Trinajstić information content (AvgIpc) is 3.24. The van der Waals surface area contributed by atoms with Crippen molar-refractivity contribution in [2.45, 2.75) is 32.3 Å². The number of likely N-dealkylation sites (tertiary alicyclic amines) is 1. The highest BCUT2D eigenvalue weighted by atomic mass is 16.5. The van der Waals surface area contributed by atoms with E-state index in [1.165, 1.54) is 30.5 Å². The van der Waals surface area contributed by atoms with E-state index < -0.39 is 0 Å². The zero-order chi connectivity index (χ0) is 20.8. The van der Waals surface area contributed by atoms with Gasteiger partial charge < -0.3 is 19.7 Å². The minimum absolute atomic E-state index is 0.178. The smallest absolute Gasteiger partial charge is 0.193 e. The molecule has 0 spiro atoms. The molecule has 166 valence electrons. The molecule has 3 fully saturated rings. The molecule has 0 bridgehead atoms. The van der Waals surface area contributed by atoms with Crippen LogP contribution in [-0.2, 0) is 9.47 Å². The first kappa shape index (κ1) is 21.6. The maximum absolute atomic E-state index is 6.20. The maximum atomic E-state index is 6.20. The van der Waals surface area contributed by atoms with Gasteiger partial charge in [-0.2, -0.15) is 0 Å². The van der Waals surface area contributed by atoms with Crippen molar-refractivity contribution in [3.8, 4) is 0 Å². The first-order chi connectivity index (χ1) is 14.7. The van der Waals surface area contributed by atoms with Crippen molar-refractivity contribution in [3.63, 3.8) is 0 Å². The third-order valence-electron chi connectivity index (χ3n) is 6.79. The van der Waals surface area contributed by atoms with Crippen LogP contribution in [0.3, 0.4) is 0 Å². The number of rotatable bonds is 5. The van der Waals surface area contributed by atoms with Crippen LogP contribution in [0.2, 0.25) is 0 Å². The van der Waals surface area contributed by atoms with Gasteiger partial charge in [-0.05, 0) is 37.7 Å². The summed E-state index contributed by atoms with van der Waals surface area (Å²) in [5, 5.41) is 3.68. The molecule has 0 aliphatic carbocycles. The summed E-state index contributed by atoms with van der Waals surface area (Å²) in [5.74, 6) is 2.25. The van der Waals surface area contributed by atoms with Crippen LogP contribution in [0.1, 0.15) is 36.5 Å². The average molecular weight is 415 g/mol. The minimum Gasteiger partial charge on any atom is -0.379 e. The fraction of sp³-hybridized carbons (Fsp3) is 0.708. The second-order valence-corrected chi connectivity index (χ2v) is 9.05. The Morgan fingerprint density at radius 2 is 1.90 bits per heavy atom. The number of nitrogens with zero attached hydrogens (tertiary/aromatic N) is 3. The van der Waals surface area contributed by atoms with E-state index in [1.54, 1.807) is 0 Å². The molecule has 0 saturated carbocycles. The molecule has 3 unspecified atom stereocenters. The van der Waals surface area contributed by atoms with Crippen LogP contribution in [0, 0.1) is 18.8 Å². The largest absolute Gasteiger partial charge is 0.379 e. The predicted molar refractivity (Wildman–Crippen MR) is 121 cm³/mol. The second kappa shape index (κ2) is 10.6. The second-order valence-electron chi connectivity index (χ2n) is 9.05. The lowest BCUT2D eigenvalue weighted by Crippen LogP contribution is -2.44. The molecule has 3 heterocycles. The molecule has 6 heteroatoms. The molecule has 4 rings (SSSR count). The number of hydrogen-bond donors (Lipinski definition) is 1. The summed E-state index contributed by atoms with van der Waals surface area (Å²) in [6, 6.07) is 8.83. The van der Waals surface area contributed by atoms with Gasteiger partial charge in [-0.25, -0.2) is 0 Å². The number of aliphatic imine (C=N–C) groups is 1. The van der Waals surface area contributed by atoms with Crippen LogP contribution in [0.5, 0.6) is 0 Å². The highest BCUT2D eigenvalue weighted by Crippen LogP contribution is 2.33. The lowest BCUT2D eigenvalue weighted by molar-refractivity contribution is -0.0266. The first-order valence-corrected chi connectivity index (χ1v) is 11.7. The fourth-order valence-corrected chi connectivity index (χ4v) is 5.05. The molecule has 3 aliphatic heterocycles. The fourth-order valence-electron chi connectivity index (χ4n) is 5.05. The van der Waals surface area contributed by atoms with Crippen LogP contribution in [-0.4, -0.2) is 81.9 Å². The van der Waals surface area contributed by atoms with E-state index in [0.29, 0.717) is 5.92 Å². The molecule has 0 aromatic heterocycles. The summed E-state index contributed by atoms with van der Waals surface area (Å²) in [7, 11) is 1.91. The molecule has 0 amide bonds. The van der Waals surface area contributed by atoms with E-state index in [4.69, 9.17) is 9.47 Å². The summed E-state index contributed by atoms with van der Waals surface area (Å²) in [6.45, 7) is 11.2. The van der Waals surface area contributed by atoms with Crippen LogP contribution in [0.15, 0.2) is 29.3 Å². The van der Waals surface area contributed by atoms with E-state index in [-0.39, 0.29) is 6.10 Å². The maximum Gasteiger partial charge on any atom is 0.193 e. The number of aryl methyl sites for hydroxylation is 1. The van der Waals surface area contributed by atoms with Gasteiger partial charge in [0.25, 0.3) is 0 Å². The van der Waals surface area contributed by atoms with Crippen LogP contribution >= 0.6 is 0 Å². The number of benzene rings is 1. The number of hydrogen-bond acceptors (Lipinski definition) is 4. The van der Waals surface area contributed by atoms with E-state index in [0.717, 1.165) is 70.8 Å². The van der Waals surface area contributed by atoms with Gasteiger partial charge >= 0.3 is 0 Å². The van der Waals surface area contributed by atoms with Crippen molar-refractivity contribution in [2.75, 3.05) is 66.1 Å². The minimum atomic E-state index is 0.178. The molecule has 3 saturated heterocycles. The summed E-state index contributed by atoms with van der Waals surface area (Å²) >= 11 is 0. The Kier molecular flexibility index (Phi) is 7.63. The Bertz CT molecular complexity index is 687. The summed E-state index contributed by atoms with van der Waals surface area (Å²) in [6.07, 6.45) is 3.76. The van der Waals surface area contributed by atoms with Crippen molar-refractivity contribution in [2.24, 2.45) is 16.8 Å². The molecule has 3 atom stereocenters. The SMILES string of the molecule is CN=C(NCC1CCCOC1c1ccc(C)cc1)N1CCC(CN2CCOCC2)C1. The molecule has 1 aromatic carbocycles. The van der Waals surface area contributed by atoms with Crippen LogP contribution < -0.4 is 5.32 Å². The third-order valence-corrected chi connectivity index (χ3v) is 6.79. The summed E-state index contributed by atoms with van der Waals surface area (Å²) in [5.41, 5.74) is 2.60. The number of ether oxygens (including phenoxy) is 2. The van der Waals surface area contributed by atoms with Crippen molar-refractivity contribution < 1.29 is 9.47 Å². The zero-order valence-corrected chi connectivity index (χ0v) is 18.7. The zero-order valence-electron chi connectivity index (χ0n) is 18.7. The first-order valence-electron chi connectivity index (χ1n) is 11.7. The Morgan fingerprint density at radius 1 is 1.10 bits per heavy atom. The van der Waals surface area contributed by atoms with E-state index in [9.17, 15) is 0 Å². The Labute approximate surface area is 181 Å². The molecular formula is C24H38N4O2. The highest BCUT2D eigenvalue weighted by molar-refractivity contribution is 5.80. The van der Waals surface area contributed by atoms with Crippen molar-refractivity contribution in [3.05, 3.63) is 35.4 Å². The summed E-state index contributed by atoms with van der Waals surface area (Å²) in [4.78, 5) is 9.60. The van der Waals surface area contributed by atoms with Crippen molar-refractivity contribution in [1.29, 1.82) is 0 Å². The Balaban J connectivity index is 1.29. The molecule has 30 heavy (non-hydrogen) atoms. The molecule has 6 nitrogen and oxygen atoms in total. The molecule has 1 aromatic rings. The molecule has 1 N–H and O–H groups in total. The standard InChI is InChI=1S/C24H38N4O2/c1-19-5-7-21(8-6-19)23-22(4-3-13-30-23)16-26-24(25-2)28-10-9-20(18-28)17-27-11-14-29-15-12-27/h5-8,20,22-23H,3-4,9-18H2,1-2H3,(H,25,26). The summed E-state index contributed by atoms with van der Waals surface area (Å²) < 4.78 is 11.7. The number of nitrogens with one attached hydrogen (secondary N) is 1. The number of morpholine rings is 1.